The van der Waals surface area contributed by atoms with Crippen LogP contribution in [0.1, 0.15) is 15.9 Å². The molecule has 3 aromatic carbocycles. The van der Waals surface area contributed by atoms with Gasteiger partial charge >= 0.3 is 5.97 Å². The first-order valence-electron chi connectivity index (χ1n) is 8.98. The van der Waals surface area contributed by atoms with Gasteiger partial charge in [-0.25, -0.2) is 17.9 Å². The molecule has 30 heavy (non-hydrogen) atoms. The molecule has 0 fully saturated rings. The van der Waals surface area contributed by atoms with Gasteiger partial charge in [-0.2, -0.15) is 0 Å². The maximum Gasteiger partial charge on any atom is 0.339 e. The number of carboxylic acid groups (broad SMARTS) is 1. The van der Waals surface area contributed by atoms with Crippen molar-refractivity contribution in [3.63, 3.8) is 0 Å². The highest BCUT2D eigenvalue weighted by Gasteiger charge is 2.17. The molecule has 0 aliphatic rings. The molecule has 0 unspecified atom stereocenters. The maximum absolute atomic E-state index is 12.4. The molecular formula is C22H19NO6S. The second kappa shape index (κ2) is 8.89. The SMILES string of the molecule is O=C(CNS(=O)(=O)c1ccc(-c2ccccc2)cc1)Cc1ccc(C(=O)O)c(O)c1. The van der Waals surface area contributed by atoms with Crippen LogP contribution < -0.4 is 4.72 Å². The molecule has 3 N–H and O–H groups in total. The molecule has 0 aliphatic carbocycles. The fraction of sp³-hybridized carbons (Fsp3) is 0.0909. The van der Waals surface area contributed by atoms with E-state index in [9.17, 15) is 23.1 Å². The lowest BCUT2D eigenvalue weighted by molar-refractivity contribution is -0.117. The summed E-state index contributed by atoms with van der Waals surface area (Å²) in [6, 6.07) is 19.6. The number of benzene rings is 3. The molecule has 3 aromatic rings. The number of hydrogen-bond donors (Lipinski definition) is 3. The summed E-state index contributed by atoms with van der Waals surface area (Å²) >= 11 is 0. The summed E-state index contributed by atoms with van der Waals surface area (Å²) in [5, 5.41) is 18.6. The van der Waals surface area contributed by atoms with E-state index in [2.05, 4.69) is 4.72 Å². The van der Waals surface area contributed by atoms with Gasteiger partial charge in [0.2, 0.25) is 10.0 Å². The van der Waals surface area contributed by atoms with E-state index in [4.69, 9.17) is 5.11 Å². The van der Waals surface area contributed by atoms with Crippen molar-refractivity contribution in [1.29, 1.82) is 0 Å². The minimum Gasteiger partial charge on any atom is -0.507 e. The number of rotatable bonds is 8. The average molecular weight is 425 g/mol. The lowest BCUT2D eigenvalue weighted by atomic mass is 10.1. The summed E-state index contributed by atoms with van der Waals surface area (Å²) in [7, 11) is -3.87. The van der Waals surface area contributed by atoms with Crippen molar-refractivity contribution in [2.24, 2.45) is 0 Å². The zero-order chi connectivity index (χ0) is 21.7. The smallest absolute Gasteiger partial charge is 0.339 e. The topological polar surface area (TPSA) is 121 Å². The Morgan fingerprint density at radius 3 is 2.10 bits per heavy atom. The van der Waals surface area contributed by atoms with Gasteiger partial charge in [-0.05, 0) is 41.0 Å². The largest absolute Gasteiger partial charge is 0.507 e. The van der Waals surface area contributed by atoms with Crippen LogP contribution in [0.2, 0.25) is 0 Å². The van der Waals surface area contributed by atoms with Crippen molar-refractivity contribution in [2.45, 2.75) is 11.3 Å². The van der Waals surface area contributed by atoms with Crippen LogP contribution in [0, 0.1) is 0 Å². The Labute approximate surface area is 173 Å². The Hall–Kier alpha value is -3.49. The van der Waals surface area contributed by atoms with Crippen molar-refractivity contribution < 1.29 is 28.2 Å². The first-order chi connectivity index (χ1) is 14.3. The van der Waals surface area contributed by atoms with E-state index in [-0.39, 0.29) is 16.9 Å². The molecule has 154 valence electrons. The summed E-state index contributed by atoms with van der Waals surface area (Å²) in [5.74, 6) is -2.16. The third kappa shape index (κ3) is 5.11. The second-order valence-electron chi connectivity index (χ2n) is 6.59. The number of hydrogen-bond acceptors (Lipinski definition) is 5. The molecule has 0 radical (unpaired) electrons. The lowest BCUT2D eigenvalue weighted by Crippen LogP contribution is -2.30. The maximum atomic E-state index is 12.4. The molecule has 0 atom stereocenters. The highest BCUT2D eigenvalue weighted by atomic mass is 32.2. The van der Waals surface area contributed by atoms with E-state index in [0.717, 1.165) is 11.1 Å². The molecule has 0 saturated heterocycles. The van der Waals surface area contributed by atoms with Crippen LogP contribution in [0.25, 0.3) is 11.1 Å². The molecular weight excluding hydrogens is 406 g/mol. The van der Waals surface area contributed by atoms with E-state index < -0.39 is 34.1 Å². The van der Waals surface area contributed by atoms with Gasteiger partial charge in [-0.1, -0.05) is 48.5 Å². The Kier molecular flexibility index (Phi) is 6.29. The Bertz CT molecular complexity index is 1170. The van der Waals surface area contributed by atoms with Gasteiger partial charge in [0.05, 0.1) is 11.4 Å². The van der Waals surface area contributed by atoms with Gasteiger partial charge < -0.3 is 10.2 Å². The number of aromatic carboxylic acids is 1. The van der Waals surface area contributed by atoms with Crippen LogP contribution in [0.15, 0.2) is 77.7 Å². The number of carbonyl (C=O) groups excluding carboxylic acids is 1. The normalized spacial score (nSPS) is 11.2. The number of nitrogens with one attached hydrogen (secondary N) is 1. The van der Waals surface area contributed by atoms with Crippen molar-refractivity contribution in [1.82, 2.24) is 4.72 Å². The van der Waals surface area contributed by atoms with Crippen LogP contribution in [0.3, 0.4) is 0 Å². The van der Waals surface area contributed by atoms with Gasteiger partial charge in [0.25, 0.3) is 0 Å². The molecule has 0 aliphatic heterocycles. The standard InChI is InChI=1S/C22H19NO6S/c24-18(12-15-6-11-20(22(26)27)21(25)13-15)14-23-30(28,29)19-9-7-17(8-10-19)16-4-2-1-3-5-16/h1-11,13,23,25H,12,14H2,(H,26,27). The van der Waals surface area contributed by atoms with Crippen LogP contribution in [0.5, 0.6) is 5.75 Å². The first kappa shape index (κ1) is 21.2. The van der Waals surface area contributed by atoms with E-state index in [1.807, 2.05) is 30.3 Å². The minimum absolute atomic E-state index is 0.0402. The zero-order valence-electron chi connectivity index (χ0n) is 15.8. The number of Topliss-reactive ketones (excluding diaryl/α,β-unsaturated/α-hetero) is 1. The number of aromatic hydroxyl groups is 1. The number of carbonyl (C=O) groups is 2. The van der Waals surface area contributed by atoms with E-state index in [1.165, 1.54) is 30.3 Å². The van der Waals surface area contributed by atoms with Crippen LogP contribution in [-0.4, -0.2) is 36.9 Å². The fourth-order valence-corrected chi connectivity index (χ4v) is 3.89. The molecule has 7 nitrogen and oxygen atoms in total. The summed E-state index contributed by atoms with van der Waals surface area (Å²) in [5.41, 5.74) is 1.94. The average Bonchev–Trinajstić information content (AvgIpc) is 2.73. The van der Waals surface area contributed by atoms with Crippen molar-refractivity contribution in [2.75, 3.05) is 6.54 Å². The Morgan fingerprint density at radius 2 is 1.50 bits per heavy atom. The molecule has 0 bridgehead atoms. The number of phenols is 1. The number of carboxylic acids is 1. The summed E-state index contributed by atoms with van der Waals surface area (Å²) in [6.45, 7) is -0.426. The minimum atomic E-state index is -3.87. The summed E-state index contributed by atoms with van der Waals surface area (Å²) in [4.78, 5) is 23.1. The second-order valence-corrected chi connectivity index (χ2v) is 8.35. The third-order valence-electron chi connectivity index (χ3n) is 4.42. The van der Waals surface area contributed by atoms with Crippen molar-refractivity contribution in [3.05, 3.63) is 83.9 Å². The van der Waals surface area contributed by atoms with Crippen LogP contribution in [-0.2, 0) is 21.2 Å². The van der Waals surface area contributed by atoms with Crippen molar-refractivity contribution in [3.8, 4) is 16.9 Å². The highest BCUT2D eigenvalue weighted by molar-refractivity contribution is 7.89. The van der Waals surface area contributed by atoms with Gasteiger partial charge in [0.1, 0.15) is 11.3 Å². The molecule has 0 saturated carbocycles. The van der Waals surface area contributed by atoms with Gasteiger partial charge in [0, 0.05) is 6.42 Å². The van der Waals surface area contributed by atoms with Crippen molar-refractivity contribution >= 4 is 21.8 Å². The predicted octanol–water partition coefficient (Wildman–Crippen LogP) is 2.85. The van der Waals surface area contributed by atoms with Gasteiger partial charge in [-0.15, -0.1) is 0 Å². The Balaban J connectivity index is 1.62. The summed E-state index contributed by atoms with van der Waals surface area (Å²) < 4.78 is 27.1. The molecule has 0 heterocycles. The number of ketones is 1. The molecule has 3 rings (SSSR count). The Morgan fingerprint density at radius 1 is 0.867 bits per heavy atom. The van der Waals surface area contributed by atoms with E-state index in [1.54, 1.807) is 12.1 Å². The van der Waals surface area contributed by atoms with Crippen LogP contribution >= 0.6 is 0 Å². The monoisotopic (exact) mass is 425 g/mol. The fourth-order valence-electron chi connectivity index (χ4n) is 2.87. The molecule has 0 amide bonds. The van der Waals surface area contributed by atoms with Crippen LogP contribution in [0.4, 0.5) is 0 Å². The van der Waals surface area contributed by atoms with Gasteiger partial charge in [0.15, 0.2) is 5.78 Å². The first-order valence-corrected chi connectivity index (χ1v) is 10.5. The summed E-state index contributed by atoms with van der Waals surface area (Å²) in [6.07, 6.45) is -0.150. The van der Waals surface area contributed by atoms with E-state index >= 15 is 0 Å². The quantitative estimate of drug-likeness (QED) is 0.510. The number of sulfonamides is 1. The molecule has 0 aromatic heterocycles. The van der Waals surface area contributed by atoms with Gasteiger partial charge in [-0.3, -0.25) is 4.79 Å². The van der Waals surface area contributed by atoms with E-state index in [0.29, 0.717) is 5.56 Å². The molecule has 0 spiro atoms. The zero-order valence-corrected chi connectivity index (χ0v) is 16.6. The lowest BCUT2D eigenvalue weighted by Gasteiger charge is -2.08. The third-order valence-corrected chi connectivity index (χ3v) is 5.84. The highest BCUT2D eigenvalue weighted by Crippen LogP contribution is 2.21. The molecule has 8 heteroatoms. The predicted molar refractivity (Wildman–Crippen MR) is 111 cm³/mol.